The molecule has 0 aliphatic heterocycles. The van der Waals surface area contributed by atoms with Gasteiger partial charge in [0.25, 0.3) is 0 Å². The number of hydrogen-bond donors (Lipinski definition) is 3. The van der Waals surface area contributed by atoms with Crippen LogP contribution in [0.5, 0.6) is 0 Å². The molecule has 0 unspecified atom stereocenters. The van der Waals surface area contributed by atoms with Crippen molar-refractivity contribution in [3.8, 4) is 0 Å². The second-order valence-electron chi connectivity index (χ2n) is 8.36. The number of aromatic nitrogens is 2. The molecule has 0 bridgehead atoms. The average molecular weight is 505 g/mol. The molecule has 3 N–H and O–H groups in total. The van der Waals surface area contributed by atoms with Crippen LogP contribution in [0.25, 0.3) is 0 Å². The maximum Gasteiger partial charge on any atom is 0.418 e. The monoisotopic (exact) mass is 504 g/mol. The van der Waals surface area contributed by atoms with E-state index in [9.17, 15) is 27.6 Å². The van der Waals surface area contributed by atoms with Crippen LogP contribution in [0.2, 0.25) is 5.02 Å². The van der Waals surface area contributed by atoms with E-state index in [1.807, 2.05) is 0 Å². The third-order valence-electron chi connectivity index (χ3n) is 5.76. The first kappa shape index (κ1) is 24.5. The third kappa shape index (κ3) is 5.89. The summed E-state index contributed by atoms with van der Waals surface area (Å²) in [7, 11) is 0. The van der Waals surface area contributed by atoms with Crippen molar-refractivity contribution in [3.63, 3.8) is 0 Å². The number of amides is 1. The predicted molar refractivity (Wildman–Crippen MR) is 123 cm³/mol. The summed E-state index contributed by atoms with van der Waals surface area (Å²) < 4.78 is 39.8. The Morgan fingerprint density at radius 2 is 1.89 bits per heavy atom. The fourth-order valence-corrected chi connectivity index (χ4v) is 3.78. The van der Waals surface area contributed by atoms with Gasteiger partial charge in [0.1, 0.15) is 0 Å². The molecule has 0 atom stereocenters. The molecule has 2 aromatic heterocycles. The number of carbonyl (C=O) groups is 2. The second-order valence-corrected chi connectivity index (χ2v) is 8.79. The molecule has 3 aromatic rings. The minimum Gasteiger partial charge on any atom is -0.354 e. The van der Waals surface area contributed by atoms with E-state index >= 15 is 0 Å². The quantitative estimate of drug-likeness (QED) is 0.380. The number of nitrogens with zero attached hydrogens (tertiary/aromatic N) is 1. The summed E-state index contributed by atoms with van der Waals surface area (Å²) in [6.07, 6.45) is -0.699. The van der Waals surface area contributed by atoms with Crippen molar-refractivity contribution in [2.45, 2.75) is 32.0 Å². The number of Topliss-reactive ketones (excluding diaryl/α,β-unsaturated/α-hetero) is 1. The number of halogens is 4. The van der Waals surface area contributed by atoms with Gasteiger partial charge in [0, 0.05) is 29.3 Å². The first-order chi connectivity index (χ1) is 16.6. The Morgan fingerprint density at radius 3 is 2.49 bits per heavy atom. The number of alkyl halides is 3. The van der Waals surface area contributed by atoms with Gasteiger partial charge in [0.15, 0.2) is 5.78 Å². The SMILES string of the molecule is O=C(CC1(C(=O)NCc2ccc(Nc3ccc(Cl)cc3C(F)(F)F)cn2)CC1)c1ccc(=O)[nH]c1. The van der Waals surface area contributed by atoms with Crippen molar-refractivity contribution in [2.24, 2.45) is 5.41 Å². The molecular weight excluding hydrogens is 485 g/mol. The topological polar surface area (TPSA) is 104 Å². The molecule has 1 aromatic carbocycles. The van der Waals surface area contributed by atoms with Crippen molar-refractivity contribution in [1.29, 1.82) is 0 Å². The van der Waals surface area contributed by atoms with Crippen molar-refractivity contribution >= 4 is 34.7 Å². The lowest BCUT2D eigenvalue weighted by atomic mass is 9.95. The van der Waals surface area contributed by atoms with E-state index in [1.165, 1.54) is 36.7 Å². The smallest absolute Gasteiger partial charge is 0.354 e. The highest BCUT2D eigenvalue weighted by molar-refractivity contribution is 6.30. The van der Waals surface area contributed by atoms with Gasteiger partial charge in [-0.3, -0.25) is 19.4 Å². The number of ketones is 1. The van der Waals surface area contributed by atoms with Crippen molar-refractivity contribution in [1.82, 2.24) is 15.3 Å². The standard InChI is InChI=1S/C24H20ClF3N4O3/c25-15-2-5-19(18(9-15)24(26,27)28)32-17-4-3-16(29-13-17)12-31-22(35)23(7-8-23)10-20(33)14-1-6-21(34)30-11-14/h1-6,9,11,13,32H,7-8,10,12H2,(H,30,34)(H,31,35). The first-order valence-corrected chi connectivity index (χ1v) is 11.0. The summed E-state index contributed by atoms with van der Waals surface area (Å²) in [4.78, 5) is 43.0. The number of nitrogens with one attached hydrogen (secondary N) is 3. The summed E-state index contributed by atoms with van der Waals surface area (Å²) in [5.74, 6) is -0.502. The molecule has 2 heterocycles. The van der Waals surface area contributed by atoms with E-state index in [2.05, 4.69) is 20.6 Å². The summed E-state index contributed by atoms with van der Waals surface area (Å²) in [6.45, 7) is 0.0997. The summed E-state index contributed by atoms with van der Waals surface area (Å²) in [5, 5.41) is 5.44. The van der Waals surface area contributed by atoms with Crippen molar-refractivity contribution < 1.29 is 22.8 Å². The number of aromatic amines is 1. The van der Waals surface area contributed by atoms with Gasteiger partial charge in [0.05, 0.1) is 40.8 Å². The lowest BCUT2D eigenvalue weighted by Crippen LogP contribution is -2.33. The summed E-state index contributed by atoms with van der Waals surface area (Å²) in [5.41, 5.74) is -0.986. The maximum atomic E-state index is 13.3. The maximum absolute atomic E-state index is 13.3. The van der Waals surface area contributed by atoms with Crippen molar-refractivity contribution in [2.75, 3.05) is 5.32 Å². The number of carbonyl (C=O) groups excluding carboxylic acids is 2. The van der Waals surface area contributed by atoms with Crippen LogP contribution in [-0.4, -0.2) is 21.7 Å². The highest BCUT2D eigenvalue weighted by Crippen LogP contribution is 2.49. The Bertz CT molecular complexity index is 1300. The van der Waals surface area contributed by atoms with Crippen LogP contribution in [0, 0.1) is 5.41 Å². The van der Waals surface area contributed by atoms with E-state index in [0.717, 1.165) is 6.07 Å². The lowest BCUT2D eigenvalue weighted by molar-refractivity contribution is -0.137. The molecule has 0 radical (unpaired) electrons. The zero-order valence-electron chi connectivity index (χ0n) is 18.2. The normalized spacial score (nSPS) is 14.3. The number of benzene rings is 1. The largest absolute Gasteiger partial charge is 0.418 e. The molecule has 1 saturated carbocycles. The zero-order chi connectivity index (χ0) is 25.2. The van der Waals surface area contributed by atoms with E-state index in [1.54, 1.807) is 12.1 Å². The Hall–Kier alpha value is -3.66. The number of H-pyrrole nitrogens is 1. The van der Waals surface area contributed by atoms with E-state index in [0.29, 0.717) is 29.8 Å². The van der Waals surface area contributed by atoms with Gasteiger partial charge in [0.2, 0.25) is 11.5 Å². The predicted octanol–water partition coefficient (Wildman–Crippen LogP) is 4.86. The van der Waals surface area contributed by atoms with Gasteiger partial charge < -0.3 is 15.6 Å². The first-order valence-electron chi connectivity index (χ1n) is 10.6. The average Bonchev–Trinajstić information content (AvgIpc) is 3.60. The molecule has 0 saturated heterocycles. The van der Waals surface area contributed by atoms with Crippen LogP contribution in [0.4, 0.5) is 24.5 Å². The van der Waals surface area contributed by atoms with Gasteiger partial charge in [-0.05, 0) is 49.2 Å². The zero-order valence-corrected chi connectivity index (χ0v) is 19.0. The van der Waals surface area contributed by atoms with Gasteiger partial charge in [-0.25, -0.2) is 0 Å². The minimum absolute atomic E-state index is 0.0269. The Labute approximate surface area is 202 Å². The highest BCUT2D eigenvalue weighted by atomic mass is 35.5. The van der Waals surface area contributed by atoms with E-state index in [4.69, 9.17) is 11.6 Å². The molecule has 11 heteroatoms. The molecule has 1 aliphatic carbocycles. The van der Waals surface area contributed by atoms with Gasteiger partial charge >= 0.3 is 6.18 Å². The molecular formula is C24H20ClF3N4O3. The van der Waals surface area contributed by atoms with Gasteiger partial charge in [-0.2, -0.15) is 13.2 Å². The Balaban J connectivity index is 1.35. The van der Waals surface area contributed by atoms with E-state index < -0.39 is 17.2 Å². The molecule has 182 valence electrons. The van der Waals surface area contributed by atoms with Gasteiger partial charge in [-0.15, -0.1) is 0 Å². The molecule has 7 nitrogen and oxygen atoms in total. The second kappa shape index (κ2) is 9.53. The molecule has 1 aliphatic rings. The summed E-state index contributed by atoms with van der Waals surface area (Å²) in [6, 6.07) is 9.25. The Kier molecular flexibility index (Phi) is 6.66. The van der Waals surface area contributed by atoms with Gasteiger partial charge in [-0.1, -0.05) is 11.6 Å². The summed E-state index contributed by atoms with van der Waals surface area (Å²) >= 11 is 5.70. The molecule has 1 fully saturated rings. The van der Waals surface area contributed by atoms with Crippen LogP contribution in [0.3, 0.4) is 0 Å². The van der Waals surface area contributed by atoms with Crippen LogP contribution < -0.4 is 16.2 Å². The highest BCUT2D eigenvalue weighted by Gasteiger charge is 2.51. The number of anilines is 2. The number of pyridine rings is 2. The van der Waals surface area contributed by atoms with Crippen molar-refractivity contribution in [3.05, 3.63) is 87.1 Å². The van der Waals surface area contributed by atoms with E-state index in [-0.39, 0.29) is 40.9 Å². The number of rotatable bonds is 8. The molecule has 1 amide bonds. The number of hydrogen-bond acceptors (Lipinski definition) is 5. The fourth-order valence-electron chi connectivity index (χ4n) is 3.61. The third-order valence-corrected chi connectivity index (χ3v) is 6.00. The fraction of sp³-hybridized carbons (Fsp3) is 0.250. The molecule has 35 heavy (non-hydrogen) atoms. The van der Waals surface area contributed by atoms with Crippen LogP contribution in [0.1, 0.15) is 40.9 Å². The molecule has 4 rings (SSSR count). The minimum atomic E-state index is -4.58. The van der Waals surface area contributed by atoms with Crippen LogP contribution in [-0.2, 0) is 17.5 Å². The van der Waals surface area contributed by atoms with Crippen LogP contribution in [0.15, 0.2) is 59.7 Å². The Morgan fingerprint density at radius 1 is 1.11 bits per heavy atom. The molecule has 0 spiro atoms. The van der Waals surface area contributed by atoms with Crippen LogP contribution >= 0.6 is 11.6 Å². The lowest BCUT2D eigenvalue weighted by Gasteiger charge is -2.16.